The number of benzene rings is 2. The van der Waals surface area contributed by atoms with Crippen molar-refractivity contribution in [1.29, 1.82) is 0 Å². The number of rotatable bonds is 6. The Morgan fingerprint density at radius 1 is 1.00 bits per heavy atom. The molecule has 106 valence electrons. The number of hydrogen-bond acceptors (Lipinski definition) is 3. The minimum absolute atomic E-state index is 0.540. The van der Waals surface area contributed by atoms with E-state index in [1.165, 1.54) is 5.56 Å². The third kappa shape index (κ3) is 3.58. The summed E-state index contributed by atoms with van der Waals surface area (Å²) in [6.45, 7) is 0.811. The van der Waals surface area contributed by atoms with E-state index in [0.717, 1.165) is 18.7 Å². The Morgan fingerprint density at radius 2 is 1.70 bits per heavy atom. The number of ether oxygens (including phenoxy) is 2. The van der Waals surface area contributed by atoms with Gasteiger partial charge in [0, 0.05) is 18.7 Å². The number of anilines is 1. The highest BCUT2D eigenvalue weighted by Crippen LogP contribution is 2.35. The second-order valence-electron chi connectivity index (χ2n) is 4.35. The molecule has 2 aromatic carbocycles. The monoisotopic (exact) mass is 291 g/mol. The molecule has 4 heteroatoms. The van der Waals surface area contributed by atoms with Crippen molar-refractivity contribution in [3.8, 4) is 11.5 Å². The van der Waals surface area contributed by atoms with Crippen LogP contribution in [0.3, 0.4) is 0 Å². The van der Waals surface area contributed by atoms with E-state index in [1.54, 1.807) is 20.3 Å². The van der Waals surface area contributed by atoms with Crippen LogP contribution in [-0.2, 0) is 6.42 Å². The maximum Gasteiger partial charge on any atom is 0.143 e. The van der Waals surface area contributed by atoms with E-state index in [1.807, 2.05) is 24.3 Å². The molecule has 0 aliphatic heterocycles. The molecule has 2 aromatic rings. The van der Waals surface area contributed by atoms with Crippen molar-refractivity contribution < 1.29 is 9.47 Å². The minimum atomic E-state index is 0.540. The van der Waals surface area contributed by atoms with Crippen molar-refractivity contribution in [1.82, 2.24) is 0 Å². The van der Waals surface area contributed by atoms with E-state index in [4.69, 9.17) is 21.1 Å². The highest BCUT2D eigenvalue weighted by atomic mass is 35.5. The molecule has 1 N–H and O–H groups in total. The van der Waals surface area contributed by atoms with Gasteiger partial charge in [-0.2, -0.15) is 0 Å². The maximum atomic E-state index is 6.08. The molecule has 0 spiro atoms. The zero-order valence-electron chi connectivity index (χ0n) is 11.7. The summed E-state index contributed by atoms with van der Waals surface area (Å²) in [4.78, 5) is 0. The van der Waals surface area contributed by atoms with Crippen LogP contribution in [0.15, 0.2) is 42.5 Å². The molecule has 0 saturated heterocycles. The van der Waals surface area contributed by atoms with Gasteiger partial charge in [-0.15, -0.1) is 0 Å². The highest BCUT2D eigenvalue weighted by molar-refractivity contribution is 6.32. The van der Waals surface area contributed by atoms with Crippen LogP contribution in [0.5, 0.6) is 11.5 Å². The molecule has 2 rings (SSSR count). The van der Waals surface area contributed by atoms with Crippen LogP contribution in [0.25, 0.3) is 0 Å². The van der Waals surface area contributed by atoms with Crippen molar-refractivity contribution in [2.45, 2.75) is 6.42 Å². The fourth-order valence-electron chi connectivity index (χ4n) is 1.98. The average molecular weight is 292 g/mol. The van der Waals surface area contributed by atoms with Gasteiger partial charge in [-0.25, -0.2) is 0 Å². The van der Waals surface area contributed by atoms with Crippen molar-refractivity contribution in [2.75, 3.05) is 26.1 Å². The molecule has 0 amide bonds. The van der Waals surface area contributed by atoms with Gasteiger partial charge in [0.15, 0.2) is 0 Å². The summed E-state index contributed by atoms with van der Waals surface area (Å²) in [6.07, 6.45) is 0.939. The molecule has 0 aliphatic rings. The lowest BCUT2D eigenvalue weighted by Crippen LogP contribution is -2.06. The highest BCUT2D eigenvalue weighted by Gasteiger charge is 2.09. The predicted octanol–water partition coefficient (Wildman–Crippen LogP) is 4.01. The Bertz CT molecular complexity index is 558. The van der Waals surface area contributed by atoms with Crippen LogP contribution in [0.1, 0.15) is 5.56 Å². The molecular formula is C16H18ClNO2. The van der Waals surface area contributed by atoms with Crippen molar-refractivity contribution in [3.05, 3.63) is 53.1 Å². The lowest BCUT2D eigenvalue weighted by molar-refractivity contribution is 0.404. The third-order valence-corrected chi connectivity index (χ3v) is 3.34. The van der Waals surface area contributed by atoms with E-state index in [0.29, 0.717) is 16.5 Å². The Morgan fingerprint density at radius 3 is 2.35 bits per heavy atom. The minimum Gasteiger partial charge on any atom is -0.495 e. The van der Waals surface area contributed by atoms with E-state index in [9.17, 15) is 0 Å². The largest absolute Gasteiger partial charge is 0.495 e. The van der Waals surface area contributed by atoms with Crippen LogP contribution in [0, 0.1) is 0 Å². The molecule has 0 unspecified atom stereocenters. The Balaban J connectivity index is 2.05. The van der Waals surface area contributed by atoms with Crippen molar-refractivity contribution in [3.63, 3.8) is 0 Å². The number of halogens is 1. The summed E-state index contributed by atoms with van der Waals surface area (Å²) >= 11 is 6.08. The topological polar surface area (TPSA) is 30.5 Å². The number of methoxy groups -OCH3 is 2. The zero-order valence-corrected chi connectivity index (χ0v) is 12.4. The van der Waals surface area contributed by atoms with Gasteiger partial charge in [0.05, 0.1) is 24.9 Å². The Labute approximate surface area is 124 Å². The van der Waals surface area contributed by atoms with Gasteiger partial charge < -0.3 is 14.8 Å². The van der Waals surface area contributed by atoms with Crippen LogP contribution in [-0.4, -0.2) is 20.8 Å². The first kappa shape index (κ1) is 14.5. The van der Waals surface area contributed by atoms with E-state index < -0.39 is 0 Å². The first-order chi connectivity index (χ1) is 9.74. The molecule has 0 aliphatic carbocycles. The summed E-state index contributed by atoms with van der Waals surface area (Å²) in [5, 5.41) is 3.89. The quantitative estimate of drug-likeness (QED) is 0.872. The molecule has 20 heavy (non-hydrogen) atoms. The second-order valence-corrected chi connectivity index (χ2v) is 4.76. The molecule has 0 radical (unpaired) electrons. The van der Waals surface area contributed by atoms with Gasteiger partial charge in [-0.05, 0) is 12.0 Å². The summed E-state index contributed by atoms with van der Waals surface area (Å²) in [5.74, 6) is 1.35. The molecule has 3 nitrogen and oxygen atoms in total. The normalized spacial score (nSPS) is 10.2. The smallest absolute Gasteiger partial charge is 0.143 e. The lowest BCUT2D eigenvalue weighted by atomic mass is 10.1. The van der Waals surface area contributed by atoms with Crippen LogP contribution in [0.2, 0.25) is 5.02 Å². The van der Waals surface area contributed by atoms with Crippen molar-refractivity contribution >= 4 is 17.3 Å². The van der Waals surface area contributed by atoms with Gasteiger partial charge in [-0.1, -0.05) is 41.9 Å². The second kappa shape index (κ2) is 7.06. The van der Waals surface area contributed by atoms with Gasteiger partial charge in [0.25, 0.3) is 0 Å². The first-order valence-corrected chi connectivity index (χ1v) is 6.81. The van der Waals surface area contributed by atoms with Gasteiger partial charge in [-0.3, -0.25) is 0 Å². The molecule has 0 bridgehead atoms. The Hall–Kier alpha value is -1.87. The summed E-state index contributed by atoms with van der Waals surface area (Å²) in [7, 11) is 3.22. The maximum absolute atomic E-state index is 6.08. The average Bonchev–Trinajstić information content (AvgIpc) is 2.49. The fourth-order valence-corrected chi connectivity index (χ4v) is 2.22. The van der Waals surface area contributed by atoms with Crippen molar-refractivity contribution in [2.24, 2.45) is 0 Å². The molecule has 0 saturated carbocycles. The number of nitrogens with one attached hydrogen (secondary N) is 1. The SMILES string of the molecule is COc1cc(NCCc2ccccc2)c(OC)cc1Cl. The molecule has 0 aromatic heterocycles. The van der Waals surface area contributed by atoms with E-state index in [-0.39, 0.29) is 0 Å². The fraction of sp³-hybridized carbons (Fsp3) is 0.250. The van der Waals surface area contributed by atoms with Gasteiger partial charge in [0.2, 0.25) is 0 Å². The van der Waals surface area contributed by atoms with E-state index >= 15 is 0 Å². The van der Waals surface area contributed by atoms with Gasteiger partial charge >= 0.3 is 0 Å². The first-order valence-electron chi connectivity index (χ1n) is 6.44. The molecule has 0 atom stereocenters. The molecule has 0 heterocycles. The standard InChI is InChI=1S/C16H18ClNO2/c1-19-15-11-14(16(20-2)10-13(15)17)18-9-8-12-6-4-3-5-7-12/h3-7,10-11,18H,8-9H2,1-2H3. The Kier molecular flexibility index (Phi) is 5.13. The summed E-state index contributed by atoms with van der Waals surface area (Å²) in [6, 6.07) is 13.9. The lowest BCUT2D eigenvalue weighted by Gasteiger charge is -2.14. The van der Waals surface area contributed by atoms with Gasteiger partial charge in [0.1, 0.15) is 11.5 Å². The zero-order chi connectivity index (χ0) is 14.4. The van der Waals surface area contributed by atoms with E-state index in [2.05, 4.69) is 17.4 Å². The van der Waals surface area contributed by atoms with Crippen LogP contribution >= 0.6 is 11.6 Å². The van der Waals surface area contributed by atoms with Crippen LogP contribution in [0.4, 0.5) is 5.69 Å². The van der Waals surface area contributed by atoms with Crippen LogP contribution < -0.4 is 14.8 Å². The number of hydrogen-bond donors (Lipinski definition) is 1. The molecule has 0 fully saturated rings. The predicted molar refractivity (Wildman–Crippen MR) is 83.2 cm³/mol. The summed E-state index contributed by atoms with van der Waals surface area (Å²) in [5.41, 5.74) is 2.17. The third-order valence-electron chi connectivity index (χ3n) is 3.05. The molecular weight excluding hydrogens is 274 g/mol. The summed E-state index contributed by atoms with van der Waals surface area (Å²) < 4.78 is 10.5.